The normalized spacial score (nSPS) is 18.5. The van der Waals surface area contributed by atoms with E-state index in [0.29, 0.717) is 13.1 Å². The summed E-state index contributed by atoms with van der Waals surface area (Å²) in [6.45, 7) is 0.340. The van der Waals surface area contributed by atoms with Crippen molar-refractivity contribution in [3.8, 4) is 0 Å². The second-order valence-electron chi connectivity index (χ2n) is 5.23. The number of hydrogen-bond donors (Lipinski definition) is 3. The van der Waals surface area contributed by atoms with Crippen molar-refractivity contribution >= 4 is 27.4 Å². The molecule has 12 heteroatoms. The van der Waals surface area contributed by atoms with Gasteiger partial charge in [0.05, 0.1) is 5.02 Å². The largest absolute Gasteiger partial charge is 0.405 e. The third-order valence-corrected chi connectivity index (χ3v) is 5.23. The van der Waals surface area contributed by atoms with Gasteiger partial charge in [-0.25, -0.2) is 18.1 Å². The van der Waals surface area contributed by atoms with Gasteiger partial charge in [-0.1, -0.05) is 11.6 Å². The minimum atomic E-state index is -4.57. The first-order chi connectivity index (χ1) is 11.1. The molecule has 2 rings (SSSR count). The van der Waals surface area contributed by atoms with Crippen molar-refractivity contribution in [3.63, 3.8) is 0 Å². The minimum Gasteiger partial charge on any atom is -0.383 e. The molecule has 1 atom stereocenters. The Labute approximate surface area is 142 Å². The number of hydrogen-bond acceptors (Lipinski definition) is 6. The average Bonchev–Trinajstić information content (AvgIpc) is 2.49. The first kappa shape index (κ1) is 19.2. The summed E-state index contributed by atoms with van der Waals surface area (Å²) in [6.07, 6.45) is -3.42. The number of nitrogens with one attached hydrogen (secondary N) is 2. The van der Waals surface area contributed by atoms with Crippen LogP contribution in [0.15, 0.2) is 17.2 Å². The zero-order valence-electron chi connectivity index (χ0n) is 12.5. The molecular formula is C12H17ClF3N5O2S. The monoisotopic (exact) mass is 387 g/mol. The molecule has 1 aromatic rings. The number of nitrogen functional groups attached to an aromatic ring is 1. The molecule has 136 valence electrons. The van der Waals surface area contributed by atoms with Gasteiger partial charge < -0.3 is 11.1 Å². The molecule has 7 nitrogen and oxygen atoms in total. The van der Waals surface area contributed by atoms with E-state index in [1.54, 1.807) is 0 Å². The maximum absolute atomic E-state index is 13.3. The van der Waals surface area contributed by atoms with E-state index in [-0.39, 0.29) is 23.9 Å². The fraction of sp³-hybridized carbons (Fsp3) is 0.583. The summed E-state index contributed by atoms with van der Waals surface area (Å²) in [6, 6.07) is -0.887. The van der Waals surface area contributed by atoms with E-state index >= 15 is 0 Å². The summed E-state index contributed by atoms with van der Waals surface area (Å²) in [5.74, 6) is -0.336. The lowest BCUT2D eigenvalue weighted by atomic mass is 10.2. The highest BCUT2D eigenvalue weighted by Crippen LogP contribution is 2.26. The van der Waals surface area contributed by atoms with Crippen LogP contribution in [0.3, 0.4) is 0 Å². The third-order valence-electron chi connectivity index (χ3n) is 3.57. The minimum absolute atomic E-state index is 0.0130. The predicted octanol–water partition coefficient (Wildman–Crippen LogP) is 0.432. The average molecular weight is 388 g/mol. The number of alkyl halides is 3. The SMILES string of the molecule is Nc1ncc(Cl)cc1S(=O)(=O)NCC(N1CCNCC1)C(F)(F)F. The van der Waals surface area contributed by atoms with Crippen LogP contribution in [-0.4, -0.2) is 63.2 Å². The Bertz CT molecular complexity index is 680. The number of nitrogens with zero attached hydrogens (tertiary/aromatic N) is 2. The molecule has 1 unspecified atom stereocenters. The summed E-state index contributed by atoms with van der Waals surface area (Å²) in [7, 11) is -4.27. The van der Waals surface area contributed by atoms with Gasteiger partial charge in [-0.15, -0.1) is 0 Å². The van der Waals surface area contributed by atoms with Crippen LogP contribution in [0.4, 0.5) is 19.0 Å². The van der Waals surface area contributed by atoms with Crippen molar-refractivity contribution in [1.29, 1.82) is 0 Å². The quantitative estimate of drug-likeness (QED) is 0.677. The van der Waals surface area contributed by atoms with Crippen molar-refractivity contribution < 1.29 is 21.6 Å². The smallest absolute Gasteiger partial charge is 0.383 e. The second kappa shape index (κ2) is 7.40. The zero-order valence-corrected chi connectivity index (χ0v) is 14.0. The Morgan fingerprint density at radius 3 is 2.62 bits per heavy atom. The van der Waals surface area contributed by atoms with E-state index in [0.717, 1.165) is 12.3 Å². The van der Waals surface area contributed by atoms with Crippen molar-refractivity contribution in [3.05, 3.63) is 17.3 Å². The van der Waals surface area contributed by atoms with Crippen LogP contribution in [-0.2, 0) is 10.0 Å². The summed E-state index contributed by atoms with van der Waals surface area (Å²) in [5.41, 5.74) is 5.48. The highest BCUT2D eigenvalue weighted by molar-refractivity contribution is 7.89. The molecule has 24 heavy (non-hydrogen) atoms. The molecular weight excluding hydrogens is 371 g/mol. The summed E-state index contributed by atoms with van der Waals surface area (Å²) in [5, 5.41) is 2.96. The van der Waals surface area contributed by atoms with Gasteiger partial charge in [0, 0.05) is 38.9 Å². The Morgan fingerprint density at radius 2 is 2.04 bits per heavy atom. The summed E-state index contributed by atoms with van der Waals surface area (Å²) in [4.78, 5) is 4.34. The van der Waals surface area contributed by atoms with E-state index in [4.69, 9.17) is 17.3 Å². The Morgan fingerprint density at radius 1 is 1.42 bits per heavy atom. The number of sulfonamides is 1. The van der Waals surface area contributed by atoms with Crippen molar-refractivity contribution in [2.24, 2.45) is 0 Å². The number of halogens is 4. The maximum Gasteiger partial charge on any atom is 0.405 e. The molecule has 1 aliphatic rings. The molecule has 0 spiro atoms. The number of rotatable bonds is 5. The fourth-order valence-electron chi connectivity index (χ4n) is 2.36. The molecule has 2 heterocycles. The number of anilines is 1. The molecule has 0 radical (unpaired) electrons. The van der Waals surface area contributed by atoms with Gasteiger partial charge in [-0.3, -0.25) is 4.90 Å². The van der Waals surface area contributed by atoms with Gasteiger partial charge in [-0.05, 0) is 6.07 Å². The zero-order chi connectivity index (χ0) is 18.0. The lowest BCUT2D eigenvalue weighted by Gasteiger charge is -2.35. The van der Waals surface area contributed by atoms with Gasteiger partial charge in [0.1, 0.15) is 16.8 Å². The number of piperazine rings is 1. The van der Waals surface area contributed by atoms with Crippen LogP contribution in [0.5, 0.6) is 0 Å². The van der Waals surface area contributed by atoms with Crippen molar-refractivity contribution in [2.45, 2.75) is 17.1 Å². The van der Waals surface area contributed by atoms with Crippen LogP contribution in [0.1, 0.15) is 0 Å². The van der Waals surface area contributed by atoms with E-state index in [1.165, 1.54) is 4.90 Å². The summed E-state index contributed by atoms with van der Waals surface area (Å²) >= 11 is 5.67. The molecule has 0 aromatic carbocycles. The second-order valence-corrected chi connectivity index (χ2v) is 7.40. The van der Waals surface area contributed by atoms with E-state index < -0.39 is 33.7 Å². The number of aromatic nitrogens is 1. The first-order valence-corrected chi connectivity index (χ1v) is 8.89. The third kappa shape index (κ3) is 4.70. The fourth-order valence-corrected chi connectivity index (χ4v) is 3.72. The Kier molecular flexibility index (Phi) is 5.91. The molecule has 1 fully saturated rings. The molecule has 0 bridgehead atoms. The molecule has 0 aliphatic carbocycles. The van der Waals surface area contributed by atoms with Crippen LogP contribution < -0.4 is 15.8 Å². The van der Waals surface area contributed by atoms with Crippen molar-refractivity contribution in [2.75, 3.05) is 38.5 Å². The van der Waals surface area contributed by atoms with E-state index in [1.807, 2.05) is 4.72 Å². The molecule has 1 aliphatic heterocycles. The van der Waals surface area contributed by atoms with Crippen LogP contribution in [0, 0.1) is 0 Å². The van der Waals surface area contributed by atoms with Gasteiger partial charge in [0.15, 0.2) is 0 Å². The Hall–Kier alpha value is -1.14. The predicted molar refractivity (Wildman–Crippen MR) is 83.1 cm³/mol. The van der Waals surface area contributed by atoms with E-state index in [2.05, 4.69) is 10.3 Å². The van der Waals surface area contributed by atoms with Crippen LogP contribution in [0.2, 0.25) is 5.02 Å². The number of nitrogens with two attached hydrogens (primary N) is 1. The van der Waals surface area contributed by atoms with Crippen LogP contribution >= 0.6 is 11.6 Å². The standard InChI is InChI=1S/C12H17ClF3N5O2S/c13-8-5-9(11(17)19-6-8)24(22,23)20-7-10(12(14,15)16)21-3-1-18-2-4-21/h5-6,10,18,20H,1-4,7H2,(H2,17,19). The van der Waals surface area contributed by atoms with Crippen LogP contribution in [0.25, 0.3) is 0 Å². The van der Waals surface area contributed by atoms with Gasteiger partial charge in [0.25, 0.3) is 0 Å². The van der Waals surface area contributed by atoms with Gasteiger partial charge in [0.2, 0.25) is 10.0 Å². The first-order valence-electron chi connectivity index (χ1n) is 7.03. The molecule has 0 saturated carbocycles. The maximum atomic E-state index is 13.3. The lowest BCUT2D eigenvalue weighted by molar-refractivity contribution is -0.182. The topological polar surface area (TPSA) is 100 Å². The highest BCUT2D eigenvalue weighted by atomic mass is 35.5. The molecule has 4 N–H and O–H groups in total. The van der Waals surface area contributed by atoms with Gasteiger partial charge >= 0.3 is 6.18 Å². The number of pyridine rings is 1. The molecule has 1 saturated heterocycles. The lowest BCUT2D eigenvalue weighted by Crippen LogP contribution is -2.57. The Balaban J connectivity index is 2.17. The van der Waals surface area contributed by atoms with E-state index in [9.17, 15) is 21.6 Å². The van der Waals surface area contributed by atoms with Crippen molar-refractivity contribution in [1.82, 2.24) is 19.9 Å². The van der Waals surface area contributed by atoms with Gasteiger partial charge in [-0.2, -0.15) is 13.2 Å². The molecule has 1 aromatic heterocycles. The highest BCUT2D eigenvalue weighted by Gasteiger charge is 2.44. The molecule has 0 amide bonds. The summed E-state index contributed by atoms with van der Waals surface area (Å²) < 4.78 is 66.2.